The molecule has 9 aromatic rings. The van der Waals surface area contributed by atoms with Crippen molar-refractivity contribution < 1.29 is 13.6 Å². The van der Waals surface area contributed by atoms with Crippen LogP contribution in [-0.4, -0.2) is 45.8 Å². The summed E-state index contributed by atoms with van der Waals surface area (Å²) in [5.74, 6) is 1.71. The summed E-state index contributed by atoms with van der Waals surface area (Å²) >= 11 is 1.59. The normalized spacial score (nSPS) is 11.9. The third-order valence-electron chi connectivity index (χ3n) is 9.48. The molecular formula is C38H32N8O5S. The van der Waals surface area contributed by atoms with Crippen molar-refractivity contribution in [3.63, 3.8) is 0 Å². The summed E-state index contributed by atoms with van der Waals surface area (Å²) in [4.78, 5) is 37.9. The summed E-state index contributed by atoms with van der Waals surface area (Å²) < 4.78 is 24.7. The first-order chi connectivity index (χ1) is 25.2. The highest BCUT2D eigenvalue weighted by Crippen LogP contribution is 2.40. The Balaban J connectivity index is 1.22. The molecule has 0 aliphatic carbocycles. The van der Waals surface area contributed by atoms with Crippen molar-refractivity contribution in [3.8, 4) is 17.0 Å². The van der Waals surface area contributed by atoms with E-state index < -0.39 is 0 Å². The first kappa shape index (κ1) is 31.7. The molecule has 13 nitrogen and oxygen atoms in total. The molecule has 0 saturated carbocycles. The minimum absolute atomic E-state index is 0.160. The number of ether oxygens (including phenoxy) is 1. The molecule has 9 rings (SSSR count). The number of nitrogens with zero attached hydrogens (tertiary/aromatic N) is 8. The average molecular weight is 713 g/mol. The van der Waals surface area contributed by atoms with Crippen molar-refractivity contribution in [3.05, 3.63) is 121 Å². The van der Waals surface area contributed by atoms with E-state index in [1.54, 1.807) is 55.6 Å². The van der Waals surface area contributed by atoms with Gasteiger partial charge in [-0.2, -0.15) is 15.2 Å². The van der Waals surface area contributed by atoms with Crippen molar-refractivity contribution in [2.75, 3.05) is 7.11 Å². The lowest BCUT2D eigenvalue weighted by molar-refractivity contribution is 0.414. The summed E-state index contributed by atoms with van der Waals surface area (Å²) in [6.45, 7) is 4.25. The highest BCUT2D eigenvalue weighted by atomic mass is 32.1. The number of oxazole rings is 2. The van der Waals surface area contributed by atoms with Crippen LogP contribution in [0.1, 0.15) is 33.3 Å². The zero-order valence-electron chi connectivity index (χ0n) is 29.0. The average Bonchev–Trinajstić information content (AvgIpc) is 3.95. The molecule has 0 aliphatic rings. The topological polar surface area (TPSA) is 141 Å². The van der Waals surface area contributed by atoms with Gasteiger partial charge in [0.15, 0.2) is 23.0 Å². The molecule has 7 aromatic heterocycles. The smallest absolute Gasteiger partial charge is 0.291 e. The van der Waals surface area contributed by atoms with E-state index >= 15 is 0 Å². The number of aryl methyl sites for hydroxylation is 4. The zero-order chi connectivity index (χ0) is 35.8. The molecule has 0 bridgehead atoms. The molecule has 0 atom stereocenters. The van der Waals surface area contributed by atoms with Gasteiger partial charge in [-0.3, -0.25) is 9.59 Å². The molecule has 52 heavy (non-hydrogen) atoms. The van der Waals surface area contributed by atoms with Crippen LogP contribution in [-0.2, 0) is 33.6 Å². The van der Waals surface area contributed by atoms with Crippen LogP contribution in [0.2, 0.25) is 0 Å². The lowest BCUT2D eigenvalue weighted by Gasteiger charge is -2.14. The Kier molecular flexibility index (Phi) is 7.26. The van der Waals surface area contributed by atoms with Gasteiger partial charge in [0.25, 0.3) is 11.1 Å². The van der Waals surface area contributed by atoms with Gasteiger partial charge >= 0.3 is 0 Å². The quantitative estimate of drug-likeness (QED) is 0.183. The maximum atomic E-state index is 14.3. The van der Waals surface area contributed by atoms with Gasteiger partial charge in [-0.1, -0.05) is 29.8 Å². The standard InChI is InChI=1S/C38H32N8O5S/c1-20-7-6-8-22(11-20)18-46-38(48)33-30(35-28(43(33)3)15-26(52-35)16-29-39-9-10-50-29)31(42-46)24-12-23(13-25(14-24)49-5)19-45-37(47)32-27(17-40-45)34-36(44(32)4)41-21(2)51-34/h6-15,17H,16,18-19H2,1-5H3. The van der Waals surface area contributed by atoms with Crippen LogP contribution in [0, 0.1) is 13.8 Å². The fourth-order valence-electron chi connectivity index (χ4n) is 7.12. The van der Waals surface area contributed by atoms with Gasteiger partial charge in [0.05, 0.1) is 60.0 Å². The van der Waals surface area contributed by atoms with Crippen LogP contribution in [0.25, 0.3) is 54.5 Å². The van der Waals surface area contributed by atoms with Gasteiger partial charge in [0.1, 0.15) is 28.7 Å². The van der Waals surface area contributed by atoms with E-state index in [4.69, 9.17) is 18.7 Å². The summed E-state index contributed by atoms with van der Waals surface area (Å²) in [5, 5.41) is 11.0. The Hall–Kier alpha value is -6.28. The van der Waals surface area contributed by atoms with Gasteiger partial charge in [0, 0.05) is 31.5 Å². The number of aromatic nitrogens is 8. The molecule has 260 valence electrons. The fraction of sp³-hybridized carbons (Fsp3) is 0.211. The molecule has 0 amide bonds. The summed E-state index contributed by atoms with van der Waals surface area (Å²) in [6, 6.07) is 15.9. The second kappa shape index (κ2) is 11.9. The van der Waals surface area contributed by atoms with E-state index in [0.29, 0.717) is 63.8 Å². The van der Waals surface area contributed by atoms with Crippen molar-refractivity contribution in [1.29, 1.82) is 0 Å². The lowest BCUT2D eigenvalue weighted by atomic mass is 10.0. The second-order valence-corrected chi connectivity index (χ2v) is 14.1. The van der Waals surface area contributed by atoms with E-state index in [9.17, 15) is 9.59 Å². The third kappa shape index (κ3) is 5.05. The van der Waals surface area contributed by atoms with Crippen LogP contribution in [0.3, 0.4) is 0 Å². The Labute approximate surface area is 298 Å². The van der Waals surface area contributed by atoms with E-state index in [1.165, 1.54) is 9.36 Å². The summed E-state index contributed by atoms with van der Waals surface area (Å²) in [6.07, 6.45) is 5.37. The van der Waals surface area contributed by atoms with Gasteiger partial charge in [0.2, 0.25) is 0 Å². The fourth-order valence-corrected chi connectivity index (χ4v) is 8.34. The lowest BCUT2D eigenvalue weighted by Crippen LogP contribution is -2.26. The van der Waals surface area contributed by atoms with Crippen LogP contribution in [0.4, 0.5) is 0 Å². The number of hydrogen-bond acceptors (Lipinski definition) is 10. The van der Waals surface area contributed by atoms with E-state index in [1.807, 2.05) is 54.9 Å². The van der Waals surface area contributed by atoms with Crippen LogP contribution in [0.5, 0.6) is 5.75 Å². The molecular weight excluding hydrogens is 681 g/mol. The van der Waals surface area contributed by atoms with Crippen molar-refractivity contribution in [2.45, 2.75) is 33.4 Å². The molecule has 0 fully saturated rings. The predicted octanol–water partition coefficient (Wildman–Crippen LogP) is 6.11. The molecule has 2 aromatic carbocycles. The van der Waals surface area contributed by atoms with E-state index in [0.717, 1.165) is 42.7 Å². The van der Waals surface area contributed by atoms with Crippen molar-refractivity contribution >= 4 is 54.6 Å². The van der Waals surface area contributed by atoms with Crippen molar-refractivity contribution in [1.82, 2.24) is 38.7 Å². The number of thiophene rings is 1. The molecule has 0 N–H and O–H groups in total. The maximum Gasteiger partial charge on any atom is 0.291 e. The number of benzene rings is 2. The Morgan fingerprint density at radius 1 is 0.923 bits per heavy atom. The molecule has 0 aliphatic heterocycles. The number of methoxy groups -OCH3 is 1. The third-order valence-corrected chi connectivity index (χ3v) is 10.6. The molecule has 0 saturated heterocycles. The van der Waals surface area contributed by atoms with Gasteiger partial charge in [-0.05, 0) is 42.3 Å². The highest BCUT2D eigenvalue weighted by Gasteiger charge is 2.24. The van der Waals surface area contributed by atoms with Crippen LogP contribution >= 0.6 is 11.3 Å². The first-order valence-electron chi connectivity index (χ1n) is 16.6. The molecule has 14 heteroatoms. The number of hydrogen-bond donors (Lipinski definition) is 0. The minimum Gasteiger partial charge on any atom is -0.497 e. The number of fused-ring (bicyclic) bond motifs is 6. The Morgan fingerprint density at radius 3 is 2.54 bits per heavy atom. The minimum atomic E-state index is -0.274. The highest BCUT2D eigenvalue weighted by molar-refractivity contribution is 7.20. The molecule has 0 spiro atoms. The predicted molar refractivity (Wildman–Crippen MR) is 198 cm³/mol. The molecule has 0 radical (unpaired) electrons. The largest absolute Gasteiger partial charge is 0.497 e. The van der Waals surface area contributed by atoms with Crippen LogP contribution in [0.15, 0.2) is 85.6 Å². The van der Waals surface area contributed by atoms with Gasteiger partial charge in [-0.15, -0.1) is 11.3 Å². The molecule has 0 unspecified atom stereocenters. The maximum absolute atomic E-state index is 14.3. The SMILES string of the molecule is COc1cc(Cn2ncc3c4oc(C)nc4n(C)c3c2=O)cc(-c2nn(Cc3cccc(C)c3)c(=O)c3c2c2sc(Cc4ncco4)cc2n3C)c1. The monoisotopic (exact) mass is 712 g/mol. The zero-order valence-corrected chi connectivity index (χ0v) is 29.8. The number of rotatable bonds is 8. The van der Waals surface area contributed by atoms with Crippen molar-refractivity contribution in [2.24, 2.45) is 14.1 Å². The van der Waals surface area contributed by atoms with Gasteiger partial charge < -0.3 is 22.7 Å². The molecule has 7 heterocycles. The summed E-state index contributed by atoms with van der Waals surface area (Å²) in [7, 11) is 5.31. The summed E-state index contributed by atoms with van der Waals surface area (Å²) in [5.41, 5.74) is 6.78. The Morgan fingerprint density at radius 2 is 1.75 bits per heavy atom. The second-order valence-electron chi connectivity index (χ2n) is 13.0. The van der Waals surface area contributed by atoms with E-state index in [-0.39, 0.29) is 17.7 Å². The van der Waals surface area contributed by atoms with E-state index in [2.05, 4.69) is 27.2 Å². The Bertz CT molecular complexity index is 2980. The van der Waals surface area contributed by atoms with Gasteiger partial charge in [-0.25, -0.2) is 14.3 Å². The first-order valence-corrected chi connectivity index (χ1v) is 17.4. The van der Waals surface area contributed by atoms with Crippen LogP contribution < -0.4 is 15.9 Å².